The molecule has 0 unspecified atom stereocenters. The second kappa shape index (κ2) is 4.91. The Hall–Kier alpha value is -1.18. The molecule has 4 heterocycles. The van der Waals surface area contributed by atoms with Crippen LogP contribution in [-0.2, 0) is 24.2 Å². The van der Waals surface area contributed by atoms with E-state index in [-0.39, 0.29) is 5.60 Å². The van der Waals surface area contributed by atoms with Gasteiger partial charge in [0.05, 0.1) is 17.6 Å². The van der Waals surface area contributed by atoms with Crippen LogP contribution in [0.2, 0.25) is 0 Å². The third-order valence-corrected chi connectivity index (χ3v) is 5.84. The molecule has 0 aliphatic carbocycles. The van der Waals surface area contributed by atoms with E-state index in [0.717, 1.165) is 34.3 Å². The van der Waals surface area contributed by atoms with E-state index >= 15 is 0 Å². The Kier molecular flexibility index (Phi) is 3.22. The predicted octanol–water partition coefficient (Wildman–Crippen LogP) is 3.47. The van der Waals surface area contributed by atoms with Crippen LogP contribution in [-0.4, -0.2) is 31.4 Å². The van der Waals surface area contributed by atoms with Crippen LogP contribution in [0.15, 0.2) is 5.16 Å². The Morgan fingerprint density at radius 3 is 2.91 bits per heavy atom. The first-order valence-electron chi connectivity index (χ1n) is 7.40. The van der Waals surface area contributed by atoms with Gasteiger partial charge in [0.15, 0.2) is 10.8 Å². The summed E-state index contributed by atoms with van der Waals surface area (Å²) in [5.41, 5.74) is 2.15. The predicted molar refractivity (Wildman–Crippen MR) is 89.9 cm³/mol. The highest BCUT2D eigenvalue weighted by Crippen LogP contribution is 2.40. The summed E-state index contributed by atoms with van der Waals surface area (Å²) in [6.07, 6.45) is 3.79. The Balaban J connectivity index is 2.10. The molecule has 3 aromatic heterocycles. The van der Waals surface area contributed by atoms with Crippen LogP contribution < -0.4 is 0 Å². The molecule has 0 saturated heterocycles. The zero-order valence-corrected chi connectivity index (χ0v) is 14.8. The molecule has 1 aliphatic heterocycles. The van der Waals surface area contributed by atoms with Crippen molar-refractivity contribution < 1.29 is 4.74 Å². The lowest BCUT2D eigenvalue weighted by Crippen LogP contribution is -2.31. The van der Waals surface area contributed by atoms with Crippen LogP contribution in [0.25, 0.3) is 15.9 Å². The van der Waals surface area contributed by atoms with Crippen molar-refractivity contribution >= 4 is 39.0 Å². The zero-order chi connectivity index (χ0) is 15.5. The number of thioether (sulfide) groups is 1. The second-order valence-electron chi connectivity index (χ2n) is 6.14. The number of aromatic nitrogens is 4. The van der Waals surface area contributed by atoms with Crippen LogP contribution in [0.4, 0.5) is 0 Å². The maximum atomic E-state index is 5.95. The van der Waals surface area contributed by atoms with Gasteiger partial charge in [-0.05, 0) is 25.7 Å². The molecule has 0 N–H and O–H groups in total. The molecule has 7 heteroatoms. The van der Waals surface area contributed by atoms with Crippen molar-refractivity contribution in [3.63, 3.8) is 0 Å². The van der Waals surface area contributed by atoms with Crippen molar-refractivity contribution in [3.8, 4) is 0 Å². The molecular formula is C15H18N4OS2. The number of ether oxygens (including phenoxy) is 1. The first kappa shape index (κ1) is 14.4. The monoisotopic (exact) mass is 334 g/mol. The maximum absolute atomic E-state index is 5.95. The summed E-state index contributed by atoms with van der Waals surface area (Å²) in [6, 6.07) is 0. The number of thiophene rings is 1. The Bertz CT molecular complexity index is 881. The number of rotatable bonds is 2. The molecule has 116 valence electrons. The van der Waals surface area contributed by atoms with Gasteiger partial charge in [-0.3, -0.25) is 4.40 Å². The SMILES string of the molecule is CCc1nc2sc3c(c2c2nnc(SC)n12)CC(C)(C)OC3. The molecule has 0 amide bonds. The van der Waals surface area contributed by atoms with Crippen LogP contribution in [0.3, 0.4) is 0 Å². The number of hydrogen-bond acceptors (Lipinski definition) is 6. The Morgan fingerprint density at radius 2 is 2.18 bits per heavy atom. The van der Waals surface area contributed by atoms with Crippen LogP contribution in [0.1, 0.15) is 37.0 Å². The largest absolute Gasteiger partial charge is 0.370 e. The quantitative estimate of drug-likeness (QED) is 0.672. The van der Waals surface area contributed by atoms with Crippen molar-refractivity contribution in [2.45, 2.75) is 51.0 Å². The molecule has 22 heavy (non-hydrogen) atoms. The van der Waals surface area contributed by atoms with E-state index in [1.807, 2.05) is 6.26 Å². The lowest BCUT2D eigenvalue weighted by Gasteiger charge is -2.30. The van der Waals surface area contributed by atoms with E-state index in [1.165, 1.54) is 15.8 Å². The molecule has 1 aliphatic rings. The summed E-state index contributed by atoms with van der Waals surface area (Å²) in [7, 11) is 0. The fourth-order valence-corrected chi connectivity index (χ4v) is 4.66. The van der Waals surface area contributed by atoms with Crippen molar-refractivity contribution in [2.75, 3.05) is 6.26 Å². The van der Waals surface area contributed by atoms with Crippen molar-refractivity contribution in [2.24, 2.45) is 0 Å². The Morgan fingerprint density at radius 1 is 1.36 bits per heavy atom. The summed E-state index contributed by atoms with van der Waals surface area (Å²) in [5.74, 6) is 1.02. The van der Waals surface area contributed by atoms with Crippen molar-refractivity contribution in [3.05, 3.63) is 16.3 Å². The van der Waals surface area contributed by atoms with Gasteiger partial charge in [-0.25, -0.2) is 4.98 Å². The zero-order valence-electron chi connectivity index (χ0n) is 13.1. The van der Waals surface area contributed by atoms with Gasteiger partial charge in [0, 0.05) is 17.7 Å². The molecular weight excluding hydrogens is 316 g/mol. The molecule has 0 bridgehead atoms. The molecule has 0 aromatic carbocycles. The molecule has 0 fully saturated rings. The summed E-state index contributed by atoms with van der Waals surface area (Å²) in [6.45, 7) is 7.07. The third kappa shape index (κ3) is 1.99. The lowest BCUT2D eigenvalue weighted by molar-refractivity contribution is -0.0379. The van der Waals surface area contributed by atoms with Gasteiger partial charge in [-0.15, -0.1) is 21.5 Å². The van der Waals surface area contributed by atoms with Gasteiger partial charge in [0.25, 0.3) is 0 Å². The van der Waals surface area contributed by atoms with Crippen LogP contribution in [0.5, 0.6) is 0 Å². The normalized spacial score (nSPS) is 17.3. The summed E-state index contributed by atoms with van der Waals surface area (Å²) < 4.78 is 8.07. The smallest absolute Gasteiger partial charge is 0.196 e. The van der Waals surface area contributed by atoms with Gasteiger partial charge in [-0.2, -0.15) is 0 Å². The fourth-order valence-electron chi connectivity index (χ4n) is 3.05. The number of hydrogen-bond donors (Lipinski definition) is 0. The summed E-state index contributed by atoms with van der Waals surface area (Å²) >= 11 is 3.35. The van der Waals surface area contributed by atoms with E-state index in [9.17, 15) is 0 Å². The highest BCUT2D eigenvalue weighted by atomic mass is 32.2. The van der Waals surface area contributed by atoms with E-state index in [2.05, 4.69) is 35.4 Å². The van der Waals surface area contributed by atoms with Crippen LogP contribution >= 0.6 is 23.1 Å². The van der Waals surface area contributed by atoms with Gasteiger partial charge in [0.2, 0.25) is 0 Å². The minimum absolute atomic E-state index is 0.135. The summed E-state index contributed by atoms with van der Waals surface area (Å²) in [5, 5.41) is 10.9. The number of aryl methyl sites for hydroxylation is 1. The van der Waals surface area contributed by atoms with Crippen molar-refractivity contribution in [1.82, 2.24) is 19.6 Å². The highest BCUT2D eigenvalue weighted by molar-refractivity contribution is 7.98. The van der Waals surface area contributed by atoms with E-state index in [4.69, 9.17) is 9.72 Å². The molecule has 4 rings (SSSR count). The lowest BCUT2D eigenvalue weighted by atomic mass is 9.94. The minimum Gasteiger partial charge on any atom is -0.370 e. The molecule has 0 radical (unpaired) electrons. The number of fused-ring (bicyclic) bond motifs is 5. The molecule has 0 spiro atoms. The molecule has 0 saturated carbocycles. The standard InChI is InChI=1S/C15H18N4OS2/c1-5-10-16-13-11(12-17-18-14(21-4)19(10)12)8-6-15(2,3)20-7-9(8)22-13/h5-7H2,1-4H3. The van der Waals surface area contributed by atoms with Gasteiger partial charge < -0.3 is 4.74 Å². The highest BCUT2D eigenvalue weighted by Gasteiger charge is 2.31. The molecule has 3 aromatic rings. The first-order valence-corrected chi connectivity index (χ1v) is 9.44. The van der Waals surface area contributed by atoms with Crippen LogP contribution in [0, 0.1) is 0 Å². The van der Waals surface area contributed by atoms with Gasteiger partial charge in [0.1, 0.15) is 10.7 Å². The summed E-state index contributed by atoms with van der Waals surface area (Å²) in [4.78, 5) is 7.24. The molecule has 0 atom stereocenters. The van der Waals surface area contributed by atoms with E-state index < -0.39 is 0 Å². The van der Waals surface area contributed by atoms with E-state index in [0.29, 0.717) is 6.61 Å². The average Bonchev–Trinajstić information content (AvgIpc) is 3.05. The maximum Gasteiger partial charge on any atom is 0.196 e. The average molecular weight is 334 g/mol. The van der Waals surface area contributed by atoms with Crippen molar-refractivity contribution in [1.29, 1.82) is 0 Å². The second-order valence-corrected chi connectivity index (χ2v) is 7.99. The number of nitrogens with zero attached hydrogens (tertiary/aromatic N) is 4. The molecule has 5 nitrogen and oxygen atoms in total. The third-order valence-electron chi connectivity index (χ3n) is 4.11. The van der Waals surface area contributed by atoms with Gasteiger partial charge >= 0.3 is 0 Å². The van der Waals surface area contributed by atoms with E-state index in [1.54, 1.807) is 23.1 Å². The topological polar surface area (TPSA) is 52.3 Å². The minimum atomic E-state index is -0.135. The first-order chi connectivity index (χ1) is 10.5. The fraction of sp³-hybridized carbons (Fsp3) is 0.533. The Labute approximate surface area is 137 Å². The van der Waals surface area contributed by atoms with Gasteiger partial charge in [-0.1, -0.05) is 18.7 Å².